The van der Waals surface area contributed by atoms with Crippen LogP contribution in [0.15, 0.2) is 0 Å². The molecule has 0 amide bonds. The van der Waals surface area contributed by atoms with Gasteiger partial charge < -0.3 is 9.84 Å². The van der Waals surface area contributed by atoms with Crippen LogP contribution in [0.25, 0.3) is 0 Å². The zero-order chi connectivity index (χ0) is 15.1. The second kappa shape index (κ2) is 15.2. The van der Waals surface area contributed by atoms with Crippen molar-refractivity contribution in [3.05, 3.63) is 0 Å². The summed E-state index contributed by atoms with van der Waals surface area (Å²) in [5.41, 5.74) is 0. The topological polar surface area (TPSA) is 46.5 Å². The van der Waals surface area contributed by atoms with Gasteiger partial charge in [-0.1, -0.05) is 51.9 Å². The van der Waals surface area contributed by atoms with Crippen molar-refractivity contribution in [2.75, 3.05) is 18.6 Å². The average molecular weight is 304 g/mol. The van der Waals surface area contributed by atoms with E-state index in [1.165, 1.54) is 45.6 Å². The van der Waals surface area contributed by atoms with Gasteiger partial charge in [0.05, 0.1) is 19.6 Å². The molecule has 1 unspecified atom stereocenters. The number of esters is 1. The maximum atomic E-state index is 10.9. The highest BCUT2D eigenvalue weighted by Crippen LogP contribution is 2.13. The molecular formula is C16H32O3S. The number of unbranched alkanes of at least 4 members (excludes halogenated alkanes) is 6. The molecule has 0 aromatic rings. The Morgan fingerprint density at radius 3 is 2.35 bits per heavy atom. The van der Waals surface area contributed by atoms with Crippen LogP contribution in [0.5, 0.6) is 0 Å². The lowest BCUT2D eigenvalue weighted by atomic mass is 10.1. The molecule has 1 atom stereocenters. The van der Waals surface area contributed by atoms with Crippen molar-refractivity contribution in [3.8, 4) is 0 Å². The number of aliphatic hydroxyl groups is 1. The SMILES string of the molecule is CCCCCCCCCC(O)CCSCCC(=O)OC. The summed E-state index contributed by atoms with van der Waals surface area (Å²) in [5, 5.41) is 9.84. The molecule has 1 N–H and O–H groups in total. The predicted molar refractivity (Wildman–Crippen MR) is 87.2 cm³/mol. The molecule has 0 aliphatic rings. The second-order valence-corrected chi connectivity index (χ2v) is 6.52. The Morgan fingerprint density at radius 1 is 1.05 bits per heavy atom. The normalized spacial score (nSPS) is 12.3. The number of methoxy groups -OCH3 is 1. The summed E-state index contributed by atoms with van der Waals surface area (Å²) in [6.07, 6.45) is 11.1. The van der Waals surface area contributed by atoms with Crippen LogP contribution in [0, 0.1) is 0 Å². The highest BCUT2D eigenvalue weighted by molar-refractivity contribution is 7.99. The molecule has 3 nitrogen and oxygen atoms in total. The lowest BCUT2D eigenvalue weighted by molar-refractivity contribution is -0.140. The first-order valence-corrected chi connectivity index (χ1v) is 9.18. The van der Waals surface area contributed by atoms with E-state index >= 15 is 0 Å². The summed E-state index contributed by atoms with van der Waals surface area (Å²) in [4.78, 5) is 10.9. The van der Waals surface area contributed by atoms with Gasteiger partial charge in [0, 0.05) is 5.75 Å². The number of hydrogen-bond donors (Lipinski definition) is 1. The molecule has 0 aliphatic carbocycles. The number of aliphatic hydroxyl groups excluding tert-OH is 1. The van der Waals surface area contributed by atoms with Gasteiger partial charge in [-0.05, 0) is 18.6 Å². The molecule has 0 aromatic carbocycles. The van der Waals surface area contributed by atoms with Crippen molar-refractivity contribution in [3.63, 3.8) is 0 Å². The van der Waals surface area contributed by atoms with E-state index in [9.17, 15) is 9.90 Å². The van der Waals surface area contributed by atoms with Crippen LogP contribution < -0.4 is 0 Å². The highest BCUT2D eigenvalue weighted by atomic mass is 32.2. The van der Waals surface area contributed by atoms with E-state index in [0.29, 0.717) is 6.42 Å². The minimum Gasteiger partial charge on any atom is -0.469 e. The maximum absolute atomic E-state index is 10.9. The third kappa shape index (κ3) is 14.2. The molecule has 0 rings (SSSR count). The molecule has 0 saturated carbocycles. The number of carbonyl (C=O) groups excluding carboxylic acids is 1. The third-order valence-electron chi connectivity index (χ3n) is 3.41. The summed E-state index contributed by atoms with van der Waals surface area (Å²) in [7, 11) is 1.42. The Balaban J connectivity index is 3.20. The smallest absolute Gasteiger partial charge is 0.306 e. The summed E-state index contributed by atoms with van der Waals surface area (Å²) in [6.45, 7) is 2.24. The fraction of sp³-hybridized carbons (Fsp3) is 0.938. The standard InChI is InChI=1S/C16H32O3S/c1-3-4-5-6-7-8-9-10-15(17)11-13-20-14-12-16(18)19-2/h15,17H,3-14H2,1-2H3. The summed E-state index contributed by atoms with van der Waals surface area (Å²) in [6, 6.07) is 0. The van der Waals surface area contributed by atoms with Gasteiger partial charge in [0.1, 0.15) is 0 Å². The van der Waals surface area contributed by atoms with Crippen molar-refractivity contribution >= 4 is 17.7 Å². The molecular weight excluding hydrogens is 272 g/mol. The first kappa shape index (κ1) is 19.8. The van der Waals surface area contributed by atoms with Crippen molar-refractivity contribution in [2.24, 2.45) is 0 Å². The molecule has 0 radical (unpaired) electrons. The van der Waals surface area contributed by atoms with Gasteiger partial charge in [0.15, 0.2) is 0 Å². The molecule has 120 valence electrons. The van der Waals surface area contributed by atoms with Gasteiger partial charge in [-0.25, -0.2) is 0 Å². The van der Waals surface area contributed by atoms with Crippen LogP contribution in [0.1, 0.15) is 71.1 Å². The number of carbonyl (C=O) groups is 1. The van der Waals surface area contributed by atoms with Crippen LogP contribution in [-0.2, 0) is 9.53 Å². The van der Waals surface area contributed by atoms with Crippen LogP contribution in [0.3, 0.4) is 0 Å². The Labute approximate surface area is 128 Å². The van der Waals surface area contributed by atoms with E-state index in [2.05, 4.69) is 11.7 Å². The molecule has 0 aliphatic heterocycles. The molecule has 0 aromatic heterocycles. The number of thioether (sulfide) groups is 1. The number of ether oxygens (including phenoxy) is 1. The molecule has 0 spiro atoms. The summed E-state index contributed by atoms with van der Waals surface area (Å²) < 4.78 is 4.58. The van der Waals surface area contributed by atoms with Gasteiger partial charge in [-0.2, -0.15) is 11.8 Å². The second-order valence-electron chi connectivity index (χ2n) is 5.29. The van der Waals surface area contributed by atoms with Gasteiger partial charge in [0.2, 0.25) is 0 Å². The van der Waals surface area contributed by atoms with Crippen molar-refractivity contribution in [1.29, 1.82) is 0 Å². The zero-order valence-corrected chi connectivity index (χ0v) is 14.1. The van der Waals surface area contributed by atoms with E-state index in [0.717, 1.165) is 30.8 Å². The summed E-state index contributed by atoms with van der Waals surface area (Å²) >= 11 is 1.72. The van der Waals surface area contributed by atoms with E-state index in [4.69, 9.17) is 0 Å². The predicted octanol–water partition coefficient (Wildman–Crippen LogP) is 4.17. The zero-order valence-electron chi connectivity index (χ0n) is 13.2. The Morgan fingerprint density at radius 2 is 1.70 bits per heavy atom. The van der Waals surface area contributed by atoms with Gasteiger partial charge >= 0.3 is 5.97 Å². The lowest BCUT2D eigenvalue weighted by Gasteiger charge is -2.10. The van der Waals surface area contributed by atoms with E-state index in [1.54, 1.807) is 11.8 Å². The van der Waals surface area contributed by atoms with Crippen LogP contribution in [0.4, 0.5) is 0 Å². The lowest BCUT2D eigenvalue weighted by Crippen LogP contribution is -2.08. The maximum Gasteiger partial charge on any atom is 0.306 e. The quantitative estimate of drug-likeness (QED) is 0.386. The molecule has 0 heterocycles. The Hall–Kier alpha value is -0.220. The fourth-order valence-electron chi connectivity index (χ4n) is 2.06. The largest absolute Gasteiger partial charge is 0.469 e. The number of hydrogen-bond acceptors (Lipinski definition) is 4. The van der Waals surface area contributed by atoms with Crippen molar-refractivity contribution in [1.82, 2.24) is 0 Å². The van der Waals surface area contributed by atoms with Crippen LogP contribution in [-0.4, -0.2) is 35.8 Å². The van der Waals surface area contributed by atoms with Crippen molar-refractivity contribution in [2.45, 2.75) is 77.2 Å². The van der Waals surface area contributed by atoms with E-state index < -0.39 is 0 Å². The summed E-state index contributed by atoms with van der Waals surface area (Å²) in [5.74, 6) is 1.56. The van der Waals surface area contributed by atoms with E-state index in [-0.39, 0.29) is 12.1 Å². The third-order valence-corrected chi connectivity index (χ3v) is 4.43. The van der Waals surface area contributed by atoms with Gasteiger partial charge in [-0.15, -0.1) is 0 Å². The molecule has 0 saturated heterocycles. The Kier molecular flexibility index (Phi) is 15.0. The first-order valence-electron chi connectivity index (χ1n) is 8.03. The molecule has 0 fully saturated rings. The Bertz CT molecular complexity index is 222. The minimum absolute atomic E-state index is 0.152. The monoisotopic (exact) mass is 304 g/mol. The van der Waals surface area contributed by atoms with E-state index in [1.807, 2.05) is 0 Å². The average Bonchev–Trinajstić information content (AvgIpc) is 2.45. The first-order chi connectivity index (χ1) is 9.70. The molecule has 20 heavy (non-hydrogen) atoms. The molecule has 4 heteroatoms. The fourth-order valence-corrected chi connectivity index (χ4v) is 3.01. The minimum atomic E-state index is -0.170. The molecule has 0 bridgehead atoms. The van der Waals surface area contributed by atoms with Gasteiger partial charge in [0.25, 0.3) is 0 Å². The highest BCUT2D eigenvalue weighted by Gasteiger charge is 2.05. The van der Waals surface area contributed by atoms with Crippen LogP contribution in [0.2, 0.25) is 0 Å². The van der Waals surface area contributed by atoms with Gasteiger partial charge in [-0.3, -0.25) is 4.79 Å². The number of rotatable bonds is 14. The van der Waals surface area contributed by atoms with Crippen LogP contribution >= 0.6 is 11.8 Å². The van der Waals surface area contributed by atoms with Crippen molar-refractivity contribution < 1.29 is 14.6 Å².